The Balaban J connectivity index is 2.26. The van der Waals surface area contributed by atoms with Crippen LogP contribution in [0.15, 0.2) is 29.3 Å². The van der Waals surface area contributed by atoms with Crippen LogP contribution in [0, 0.1) is 10.1 Å². The number of hydrogen-bond acceptors (Lipinski definition) is 5. The molecule has 0 fully saturated rings. The van der Waals surface area contributed by atoms with Gasteiger partial charge in [0.2, 0.25) is 0 Å². The van der Waals surface area contributed by atoms with Crippen LogP contribution in [-0.4, -0.2) is 31.0 Å². The van der Waals surface area contributed by atoms with Crippen LogP contribution in [0.1, 0.15) is 0 Å². The Labute approximate surface area is 92.7 Å². The topological polar surface area (TPSA) is 70.8 Å². The second-order valence-electron chi connectivity index (χ2n) is 3.47. The standard InChI is InChI=1S/C10H12N4O2/c1-13(10-11-5-6-12-10)8-3-2-4-9(7-8)14(15)16/h2-4,7H,5-6H2,1H3,(H,11,12). The fourth-order valence-corrected chi connectivity index (χ4v) is 1.55. The van der Waals surface area contributed by atoms with Gasteiger partial charge in [-0.1, -0.05) is 6.07 Å². The number of non-ortho nitro benzene ring substituents is 1. The van der Waals surface area contributed by atoms with Crippen LogP contribution in [0.4, 0.5) is 11.4 Å². The fourth-order valence-electron chi connectivity index (χ4n) is 1.55. The molecule has 1 aromatic rings. The van der Waals surface area contributed by atoms with Crippen molar-refractivity contribution < 1.29 is 4.92 Å². The highest BCUT2D eigenvalue weighted by atomic mass is 16.6. The number of anilines is 1. The predicted molar refractivity (Wildman–Crippen MR) is 61.8 cm³/mol. The summed E-state index contributed by atoms with van der Waals surface area (Å²) >= 11 is 0. The Morgan fingerprint density at radius 3 is 3.00 bits per heavy atom. The lowest BCUT2D eigenvalue weighted by atomic mass is 10.2. The lowest BCUT2D eigenvalue weighted by Gasteiger charge is -2.18. The largest absolute Gasteiger partial charge is 0.354 e. The van der Waals surface area contributed by atoms with Gasteiger partial charge in [-0.3, -0.25) is 15.1 Å². The van der Waals surface area contributed by atoms with Crippen LogP contribution in [0.25, 0.3) is 0 Å². The molecule has 0 aliphatic carbocycles. The molecule has 1 N–H and O–H groups in total. The number of benzene rings is 1. The van der Waals surface area contributed by atoms with Crippen molar-refractivity contribution in [1.29, 1.82) is 0 Å². The first kappa shape index (κ1) is 10.4. The third kappa shape index (κ3) is 1.95. The number of nitrogens with zero attached hydrogens (tertiary/aromatic N) is 3. The van der Waals surface area contributed by atoms with E-state index in [-0.39, 0.29) is 5.69 Å². The van der Waals surface area contributed by atoms with Gasteiger partial charge in [0.1, 0.15) is 0 Å². The number of guanidine groups is 1. The van der Waals surface area contributed by atoms with Gasteiger partial charge in [-0.05, 0) is 6.07 Å². The molecule has 1 aliphatic heterocycles. The first-order valence-electron chi connectivity index (χ1n) is 4.95. The van der Waals surface area contributed by atoms with Crippen molar-refractivity contribution in [3.63, 3.8) is 0 Å². The molecule has 0 aromatic heterocycles. The fraction of sp³-hybridized carbons (Fsp3) is 0.300. The molecular formula is C10H12N4O2. The van der Waals surface area contributed by atoms with Crippen molar-refractivity contribution in [2.24, 2.45) is 4.99 Å². The zero-order valence-corrected chi connectivity index (χ0v) is 8.88. The van der Waals surface area contributed by atoms with Crippen molar-refractivity contribution in [3.8, 4) is 0 Å². The van der Waals surface area contributed by atoms with Gasteiger partial charge in [-0.25, -0.2) is 0 Å². The molecule has 1 heterocycles. The average molecular weight is 220 g/mol. The van der Waals surface area contributed by atoms with Crippen molar-refractivity contribution in [1.82, 2.24) is 5.32 Å². The summed E-state index contributed by atoms with van der Waals surface area (Å²) in [6, 6.07) is 6.48. The van der Waals surface area contributed by atoms with E-state index in [2.05, 4.69) is 10.3 Å². The van der Waals surface area contributed by atoms with Gasteiger partial charge in [0.05, 0.1) is 17.2 Å². The van der Waals surface area contributed by atoms with E-state index in [1.54, 1.807) is 11.0 Å². The first-order valence-corrected chi connectivity index (χ1v) is 4.95. The molecule has 0 amide bonds. The van der Waals surface area contributed by atoms with Gasteiger partial charge in [0.25, 0.3) is 5.69 Å². The second-order valence-corrected chi connectivity index (χ2v) is 3.47. The number of aliphatic imine (C=N–C) groups is 1. The van der Waals surface area contributed by atoms with E-state index in [1.165, 1.54) is 12.1 Å². The zero-order valence-electron chi connectivity index (χ0n) is 8.88. The number of nitro groups is 1. The van der Waals surface area contributed by atoms with Crippen molar-refractivity contribution in [2.75, 3.05) is 25.0 Å². The monoisotopic (exact) mass is 220 g/mol. The van der Waals surface area contributed by atoms with Crippen molar-refractivity contribution in [2.45, 2.75) is 0 Å². The molecule has 16 heavy (non-hydrogen) atoms. The summed E-state index contributed by atoms with van der Waals surface area (Å²) in [5.74, 6) is 0.750. The summed E-state index contributed by atoms with van der Waals surface area (Å²) in [4.78, 5) is 16.3. The molecule has 0 bridgehead atoms. The van der Waals surface area contributed by atoms with Crippen LogP contribution in [0.5, 0.6) is 0 Å². The van der Waals surface area contributed by atoms with E-state index in [0.29, 0.717) is 0 Å². The Hall–Kier alpha value is -2.11. The molecule has 0 saturated carbocycles. The van der Waals surface area contributed by atoms with Gasteiger partial charge in [0, 0.05) is 25.7 Å². The molecular weight excluding hydrogens is 208 g/mol. The van der Waals surface area contributed by atoms with Gasteiger partial charge < -0.3 is 10.2 Å². The maximum absolute atomic E-state index is 10.6. The lowest BCUT2D eigenvalue weighted by Crippen LogP contribution is -2.35. The van der Waals surface area contributed by atoms with E-state index in [1.807, 2.05) is 13.1 Å². The van der Waals surface area contributed by atoms with Crippen LogP contribution in [0.3, 0.4) is 0 Å². The van der Waals surface area contributed by atoms with Crippen molar-refractivity contribution >= 4 is 17.3 Å². The maximum atomic E-state index is 10.6. The third-order valence-corrected chi connectivity index (χ3v) is 2.40. The molecule has 2 rings (SSSR count). The third-order valence-electron chi connectivity index (χ3n) is 2.40. The molecule has 0 saturated heterocycles. The minimum absolute atomic E-state index is 0.0861. The molecule has 1 aliphatic rings. The highest BCUT2D eigenvalue weighted by Gasteiger charge is 2.14. The summed E-state index contributed by atoms with van der Waals surface area (Å²) < 4.78 is 0. The summed E-state index contributed by atoms with van der Waals surface area (Å²) in [6.45, 7) is 1.56. The smallest absolute Gasteiger partial charge is 0.271 e. The highest BCUT2D eigenvalue weighted by Crippen LogP contribution is 2.20. The number of nitro benzene ring substituents is 1. The van der Waals surface area contributed by atoms with E-state index >= 15 is 0 Å². The normalized spacial score (nSPS) is 14.2. The minimum atomic E-state index is -0.402. The molecule has 0 unspecified atom stereocenters. The Morgan fingerprint density at radius 1 is 1.56 bits per heavy atom. The highest BCUT2D eigenvalue weighted by molar-refractivity contribution is 5.96. The summed E-state index contributed by atoms with van der Waals surface area (Å²) in [6.07, 6.45) is 0. The van der Waals surface area contributed by atoms with Gasteiger partial charge in [0.15, 0.2) is 5.96 Å². The van der Waals surface area contributed by atoms with E-state index in [0.717, 1.165) is 24.7 Å². The molecule has 1 aromatic carbocycles. The van der Waals surface area contributed by atoms with Gasteiger partial charge in [-0.2, -0.15) is 0 Å². The van der Waals surface area contributed by atoms with Gasteiger partial charge in [-0.15, -0.1) is 0 Å². The predicted octanol–water partition coefficient (Wildman–Crippen LogP) is 0.990. The second kappa shape index (κ2) is 4.18. The van der Waals surface area contributed by atoms with Crippen LogP contribution >= 0.6 is 0 Å². The van der Waals surface area contributed by atoms with E-state index < -0.39 is 4.92 Å². The minimum Gasteiger partial charge on any atom is -0.354 e. The number of nitrogens with one attached hydrogen (secondary N) is 1. The molecule has 6 heteroatoms. The van der Waals surface area contributed by atoms with Gasteiger partial charge >= 0.3 is 0 Å². The van der Waals surface area contributed by atoms with E-state index in [4.69, 9.17) is 0 Å². The molecule has 6 nitrogen and oxygen atoms in total. The quantitative estimate of drug-likeness (QED) is 0.596. The Kier molecular flexibility index (Phi) is 2.72. The summed E-state index contributed by atoms with van der Waals surface area (Å²) in [5.41, 5.74) is 0.838. The zero-order chi connectivity index (χ0) is 11.5. The molecule has 0 radical (unpaired) electrons. The van der Waals surface area contributed by atoms with Crippen molar-refractivity contribution in [3.05, 3.63) is 34.4 Å². The number of rotatable bonds is 2. The first-order chi connectivity index (χ1) is 7.68. The summed E-state index contributed by atoms with van der Waals surface area (Å²) in [7, 11) is 1.83. The summed E-state index contributed by atoms with van der Waals surface area (Å²) in [5, 5.41) is 13.7. The van der Waals surface area contributed by atoms with E-state index in [9.17, 15) is 10.1 Å². The Morgan fingerprint density at radius 2 is 2.38 bits per heavy atom. The lowest BCUT2D eigenvalue weighted by molar-refractivity contribution is -0.384. The average Bonchev–Trinajstić information content (AvgIpc) is 2.81. The number of hydrogen-bond donors (Lipinski definition) is 1. The van der Waals surface area contributed by atoms with Crippen LogP contribution in [0.2, 0.25) is 0 Å². The van der Waals surface area contributed by atoms with Crippen LogP contribution in [-0.2, 0) is 0 Å². The molecule has 0 atom stereocenters. The maximum Gasteiger partial charge on any atom is 0.271 e. The Bertz CT molecular complexity index is 444. The van der Waals surface area contributed by atoms with Crippen LogP contribution < -0.4 is 10.2 Å². The molecule has 0 spiro atoms. The molecule has 84 valence electrons. The SMILES string of the molecule is CN(C1=NCCN1)c1cccc([N+](=O)[O-])c1.